The number of hydrogen-bond acceptors (Lipinski definition) is 10. The van der Waals surface area contributed by atoms with E-state index in [0.717, 1.165) is 94.7 Å². The number of anilines is 2. The Morgan fingerprint density at radius 3 is 2.34 bits per heavy atom. The van der Waals surface area contributed by atoms with Crippen LogP contribution in [0.1, 0.15) is 61.9 Å². The van der Waals surface area contributed by atoms with Gasteiger partial charge in [-0.3, -0.25) is 19.8 Å². The highest BCUT2D eigenvalue weighted by Gasteiger charge is 2.31. The molecule has 3 aliphatic rings. The molecule has 0 aromatic heterocycles. The lowest BCUT2D eigenvalue weighted by atomic mass is 9.72. The van der Waals surface area contributed by atoms with Gasteiger partial charge in [0, 0.05) is 66.6 Å². The molecule has 2 heterocycles. The maximum Gasteiger partial charge on any atom is 0.293 e. The predicted octanol–water partition coefficient (Wildman–Crippen LogP) is 9.10. The van der Waals surface area contributed by atoms with Gasteiger partial charge in [-0.15, -0.1) is 0 Å². The Hall–Kier alpha value is -4.66. The third kappa shape index (κ3) is 10.6. The second-order valence-electron chi connectivity index (χ2n) is 16.5. The molecule has 59 heavy (non-hydrogen) atoms. The number of carbonyl (C=O) groups is 1. The maximum absolute atomic E-state index is 13.8. The summed E-state index contributed by atoms with van der Waals surface area (Å²) in [5.74, 6) is -0.457. The molecule has 0 unspecified atom stereocenters. The highest BCUT2D eigenvalue weighted by atomic mass is 35.5. The van der Waals surface area contributed by atoms with E-state index in [4.69, 9.17) is 27.9 Å². The van der Waals surface area contributed by atoms with Crippen LogP contribution in [-0.2, 0) is 10.0 Å². The average Bonchev–Trinajstić information content (AvgIpc) is 3.20. The highest BCUT2D eigenvalue weighted by molar-refractivity contribution is 7.90. The lowest BCUT2D eigenvalue weighted by Gasteiger charge is -2.39. The van der Waals surface area contributed by atoms with Crippen molar-refractivity contribution >= 4 is 61.8 Å². The number of allylic oxidation sites excluding steroid dienone is 1. The first-order valence-electron chi connectivity index (χ1n) is 19.9. The number of hydrogen-bond donors (Lipinski definition) is 2. The molecule has 2 aliphatic heterocycles. The Kier molecular flexibility index (Phi) is 12.9. The summed E-state index contributed by atoms with van der Waals surface area (Å²) in [6.45, 7) is 10.3. The molecule has 1 aliphatic carbocycles. The monoisotopic (exact) mass is 860 g/mol. The van der Waals surface area contributed by atoms with Crippen molar-refractivity contribution in [2.24, 2.45) is 5.41 Å². The molecule has 4 aromatic carbocycles. The van der Waals surface area contributed by atoms with Gasteiger partial charge < -0.3 is 19.9 Å². The zero-order chi connectivity index (χ0) is 41.9. The number of benzene rings is 4. The number of piperidine rings is 1. The van der Waals surface area contributed by atoms with Crippen LogP contribution in [0.25, 0.3) is 5.57 Å². The van der Waals surface area contributed by atoms with Gasteiger partial charge >= 0.3 is 0 Å². The second-order valence-corrected chi connectivity index (χ2v) is 19.1. The summed E-state index contributed by atoms with van der Waals surface area (Å²) < 4.78 is 35.6. The van der Waals surface area contributed by atoms with E-state index in [0.29, 0.717) is 10.8 Å². The number of nitro groups is 1. The minimum Gasteiger partial charge on any atom is -0.456 e. The molecule has 0 saturated carbocycles. The molecule has 0 bridgehead atoms. The zero-order valence-corrected chi connectivity index (χ0v) is 35.9. The van der Waals surface area contributed by atoms with E-state index in [1.165, 1.54) is 34.9 Å². The van der Waals surface area contributed by atoms with Gasteiger partial charge in [-0.25, -0.2) is 13.1 Å². The lowest BCUT2D eigenvalue weighted by Crippen LogP contribution is -2.47. The quantitative estimate of drug-likeness (QED) is 0.105. The van der Waals surface area contributed by atoms with Crippen LogP contribution in [0.5, 0.6) is 11.5 Å². The number of halogens is 2. The molecule has 0 radical (unpaired) electrons. The highest BCUT2D eigenvalue weighted by Crippen LogP contribution is 2.43. The van der Waals surface area contributed by atoms with Gasteiger partial charge in [0.1, 0.15) is 17.2 Å². The van der Waals surface area contributed by atoms with E-state index in [1.807, 2.05) is 19.2 Å². The van der Waals surface area contributed by atoms with Gasteiger partial charge in [-0.1, -0.05) is 60.8 Å². The van der Waals surface area contributed by atoms with Crippen molar-refractivity contribution < 1.29 is 22.9 Å². The predicted molar refractivity (Wildman–Crippen MR) is 235 cm³/mol. The fourth-order valence-corrected chi connectivity index (χ4v) is 9.39. The van der Waals surface area contributed by atoms with Crippen molar-refractivity contribution in [2.75, 3.05) is 63.1 Å². The number of carbonyl (C=O) groups excluding carboxylic acids is 1. The molecule has 15 heteroatoms. The number of piperazine rings is 1. The zero-order valence-electron chi connectivity index (χ0n) is 33.5. The molecule has 2 N–H and O–H groups in total. The van der Waals surface area contributed by atoms with Crippen LogP contribution in [0.4, 0.5) is 17.1 Å². The number of sulfonamides is 1. The fourth-order valence-electron chi connectivity index (χ4n) is 8.10. The van der Waals surface area contributed by atoms with Crippen LogP contribution in [0, 0.1) is 15.5 Å². The first-order valence-corrected chi connectivity index (χ1v) is 22.2. The fraction of sp³-hybridized carbons (Fsp3) is 0.386. The van der Waals surface area contributed by atoms with Gasteiger partial charge in [0.2, 0.25) is 0 Å². The van der Waals surface area contributed by atoms with Crippen molar-refractivity contribution in [1.29, 1.82) is 0 Å². The summed E-state index contributed by atoms with van der Waals surface area (Å²) in [6.07, 6.45) is 4.79. The Morgan fingerprint density at radius 1 is 0.915 bits per heavy atom. The van der Waals surface area contributed by atoms with Crippen molar-refractivity contribution in [2.45, 2.75) is 56.9 Å². The standard InChI is InChI=1S/C44H50Cl2N6O6S/c1-44(2)18-15-31(39(28-44)30-7-9-32(45)10-8-30)29-50-21-23-51(24-22-50)35-11-13-38(42(26-35)58-36-6-4-5-33(46)25-36)43(53)48-59(56,57)37-12-14-40(41(27-37)52(54)55)47-34-16-19-49(3)20-17-34/h4-14,25-27,34,47H,15-24,28-29H2,1-3H3,(H,48,53). The van der Waals surface area contributed by atoms with Gasteiger partial charge in [-0.2, -0.15) is 0 Å². The lowest BCUT2D eigenvalue weighted by molar-refractivity contribution is -0.384. The minimum atomic E-state index is -4.54. The smallest absolute Gasteiger partial charge is 0.293 e. The number of likely N-dealkylation sites (tertiary alicyclic amines) is 1. The van der Waals surface area contributed by atoms with Crippen LogP contribution in [0.15, 0.2) is 95.4 Å². The molecule has 4 aromatic rings. The second kappa shape index (κ2) is 17.9. The molecule has 1 amide bonds. The number of nitrogens with zero attached hydrogens (tertiary/aromatic N) is 4. The van der Waals surface area contributed by atoms with E-state index >= 15 is 0 Å². The number of ether oxygens (including phenoxy) is 1. The van der Waals surface area contributed by atoms with Crippen LogP contribution in [0.3, 0.4) is 0 Å². The Morgan fingerprint density at radius 2 is 1.64 bits per heavy atom. The number of nitrogens with one attached hydrogen (secondary N) is 2. The molecular weight excluding hydrogens is 811 g/mol. The first kappa shape index (κ1) is 42.5. The number of rotatable bonds is 12. The van der Waals surface area contributed by atoms with Crippen LogP contribution < -0.4 is 19.7 Å². The van der Waals surface area contributed by atoms with Crippen molar-refractivity contribution in [1.82, 2.24) is 14.5 Å². The topological polar surface area (TPSA) is 137 Å². The molecule has 312 valence electrons. The summed E-state index contributed by atoms with van der Waals surface area (Å²) in [5, 5.41) is 16.4. The van der Waals surface area contributed by atoms with E-state index < -0.39 is 31.4 Å². The number of amides is 1. The van der Waals surface area contributed by atoms with Crippen LogP contribution in [0.2, 0.25) is 10.0 Å². The normalized spacial score (nSPS) is 18.1. The Bertz CT molecular complexity index is 2340. The van der Waals surface area contributed by atoms with Crippen molar-refractivity contribution in [3.63, 3.8) is 0 Å². The van der Waals surface area contributed by atoms with E-state index in [2.05, 4.69) is 50.7 Å². The summed E-state index contributed by atoms with van der Waals surface area (Å²) in [7, 11) is -2.52. The van der Waals surface area contributed by atoms with Gasteiger partial charge in [0.05, 0.1) is 15.4 Å². The average molecular weight is 862 g/mol. The first-order chi connectivity index (χ1) is 28.1. The third-order valence-corrected chi connectivity index (χ3v) is 13.4. The molecule has 12 nitrogen and oxygen atoms in total. The van der Waals surface area contributed by atoms with Crippen molar-refractivity contribution in [3.05, 3.63) is 122 Å². The van der Waals surface area contributed by atoms with Crippen LogP contribution in [-0.4, -0.2) is 88.0 Å². The molecular formula is C44H50Cl2N6O6S. The summed E-state index contributed by atoms with van der Waals surface area (Å²) in [6, 6.07) is 23.5. The van der Waals surface area contributed by atoms with E-state index in [9.17, 15) is 23.3 Å². The summed E-state index contributed by atoms with van der Waals surface area (Å²) in [5.41, 5.74) is 4.95. The number of nitro benzene ring substituents is 1. The molecule has 7 rings (SSSR count). The summed E-state index contributed by atoms with van der Waals surface area (Å²) >= 11 is 12.5. The largest absolute Gasteiger partial charge is 0.456 e. The Labute approximate surface area is 356 Å². The molecule has 0 atom stereocenters. The van der Waals surface area contributed by atoms with Gasteiger partial charge in [0.25, 0.3) is 21.6 Å². The van der Waals surface area contributed by atoms with Gasteiger partial charge in [-0.05, 0) is 123 Å². The third-order valence-electron chi connectivity index (χ3n) is 11.5. The maximum atomic E-state index is 13.8. The van der Waals surface area contributed by atoms with Crippen molar-refractivity contribution in [3.8, 4) is 11.5 Å². The SMILES string of the molecule is CN1CCC(Nc2ccc(S(=O)(=O)NC(=O)c3ccc(N4CCN(CC5=C(c6ccc(Cl)cc6)CC(C)(C)CC5)CC4)cc3Oc3cccc(Cl)c3)cc2[N+](=O)[O-])CC1. The van der Waals surface area contributed by atoms with E-state index in [-0.39, 0.29) is 28.5 Å². The van der Waals surface area contributed by atoms with E-state index in [1.54, 1.807) is 36.4 Å². The van der Waals surface area contributed by atoms with Gasteiger partial charge in [0.15, 0.2) is 0 Å². The summed E-state index contributed by atoms with van der Waals surface area (Å²) in [4.78, 5) is 31.7. The molecule has 2 fully saturated rings. The molecule has 0 spiro atoms. The molecule has 2 saturated heterocycles. The minimum absolute atomic E-state index is 0.0119. The van der Waals surface area contributed by atoms with Crippen LogP contribution >= 0.6 is 23.2 Å². The Balaban J connectivity index is 1.08.